The minimum Gasteiger partial charge on any atom is -0.459 e. The number of hydrogen-bond donors (Lipinski definition) is 3. The number of nitrogens with one attached hydrogen (secondary N) is 1. The van der Waals surface area contributed by atoms with Gasteiger partial charge in [-0.2, -0.15) is 0 Å². The normalized spacial score (nSPS) is 15.2. The number of ether oxygens (including phenoxy) is 1. The number of carbonyl (C=O) groups excluding carboxylic acids is 3. The van der Waals surface area contributed by atoms with E-state index >= 15 is 0 Å². The van der Waals surface area contributed by atoms with Crippen molar-refractivity contribution in [2.24, 2.45) is 23.5 Å². The van der Waals surface area contributed by atoms with Gasteiger partial charge in [-0.15, -0.1) is 0 Å². The summed E-state index contributed by atoms with van der Waals surface area (Å²) in [6.45, 7) is 10.7. The Morgan fingerprint density at radius 1 is 1.06 bits per heavy atom. The van der Waals surface area contributed by atoms with Crippen LogP contribution in [-0.2, 0) is 25.7 Å². The number of esters is 1. The fourth-order valence-corrected chi connectivity index (χ4v) is 3.04. The van der Waals surface area contributed by atoms with E-state index in [2.05, 4.69) is 5.32 Å². The van der Waals surface area contributed by atoms with Crippen molar-refractivity contribution in [3.63, 3.8) is 0 Å². The topological polar surface area (TPSA) is 122 Å². The lowest BCUT2D eigenvalue weighted by Gasteiger charge is -2.32. The van der Waals surface area contributed by atoms with Crippen LogP contribution >= 0.6 is 0 Å². The Labute approximate surface area is 185 Å². The molecule has 0 radical (unpaired) electrons. The zero-order chi connectivity index (χ0) is 23.7. The lowest BCUT2D eigenvalue weighted by molar-refractivity contribution is -0.186. The zero-order valence-electron chi connectivity index (χ0n) is 19.4. The van der Waals surface area contributed by atoms with Crippen molar-refractivity contribution in [1.29, 1.82) is 0 Å². The highest BCUT2D eigenvalue weighted by Crippen LogP contribution is 2.16. The first kappa shape index (κ1) is 26.6. The first-order valence-corrected chi connectivity index (χ1v) is 10.8. The molecular formula is C23H37N3O5. The summed E-state index contributed by atoms with van der Waals surface area (Å²) in [5.41, 5.74) is 6.78. The van der Waals surface area contributed by atoms with Gasteiger partial charge in [0.1, 0.15) is 18.7 Å². The van der Waals surface area contributed by atoms with Gasteiger partial charge >= 0.3 is 5.97 Å². The van der Waals surface area contributed by atoms with Crippen molar-refractivity contribution in [3.8, 4) is 0 Å². The molecule has 4 N–H and O–H groups in total. The fourth-order valence-electron chi connectivity index (χ4n) is 3.04. The molecule has 0 aromatic heterocycles. The van der Waals surface area contributed by atoms with Crippen LogP contribution in [0.2, 0.25) is 0 Å². The first-order chi connectivity index (χ1) is 14.5. The number of carbonyl (C=O) groups is 3. The van der Waals surface area contributed by atoms with Gasteiger partial charge in [0.2, 0.25) is 5.91 Å². The van der Waals surface area contributed by atoms with Gasteiger partial charge in [-0.3, -0.25) is 14.8 Å². The fraction of sp³-hybridized carbons (Fsp3) is 0.609. The smallest absolute Gasteiger partial charge is 0.329 e. The summed E-state index contributed by atoms with van der Waals surface area (Å²) in [7, 11) is 0. The van der Waals surface area contributed by atoms with Crippen molar-refractivity contribution in [1.82, 2.24) is 10.4 Å². The molecule has 0 aliphatic carbocycles. The maximum Gasteiger partial charge on any atom is 0.329 e. The van der Waals surface area contributed by atoms with Crippen LogP contribution in [0.25, 0.3) is 0 Å². The van der Waals surface area contributed by atoms with Gasteiger partial charge in [-0.1, -0.05) is 78.3 Å². The van der Waals surface area contributed by atoms with Crippen molar-refractivity contribution >= 4 is 17.8 Å². The number of amides is 2. The number of rotatable bonds is 11. The monoisotopic (exact) mass is 435 g/mol. The van der Waals surface area contributed by atoms with Gasteiger partial charge in [0.05, 0.1) is 6.04 Å². The number of benzene rings is 1. The molecule has 1 rings (SSSR count). The number of nitrogens with zero attached hydrogens (tertiary/aromatic N) is 1. The van der Waals surface area contributed by atoms with Crippen molar-refractivity contribution < 1.29 is 24.3 Å². The van der Waals surface area contributed by atoms with E-state index in [9.17, 15) is 19.6 Å². The Morgan fingerprint density at radius 2 is 1.65 bits per heavy atom. The second-order valence-electron chi connectivity index (χ2n) is 8.61. The van der Waals surface area contributed by atoms with Gasteiger partial charge in [0.15, 0.2) is 0 Å². The van der Waals surface area contributed by atoms with Crippen LogP contribution < -0.4 is 11.1 Å². The molecule has 8 heteroatoms. The van der Waals surface area contributed by atoms with E-state index in [0.717, 1.165) is 5.56 Å². The second kappa shape index (κ2) is 12.4. The molecule has 0 bridgehead atoms. The Bertz CT molecular complexity index is 723. The molecule has 8 nitrogen and oxygen atoms in total. The van der Waals surface area contributed by atoms with Crippen LogP contribution in [0, 0.1) is 17.8 Å². The van der Waals surface area contributed by atoms with E-state index in [0.29, 0.717) is 11.5 Å². The minimum absolute atomic E-state index is 0.0841. The summed E-state index contributed by atoms with van der Waals surface area (Å²) < 4.78 is 5.37. The Morgan fingerprint density at radius 3 is 2.13 bits per heavy atom. The molecule has 0 aliphatic heterocycles. The number of hydroxylamine groups is 2. The molecule has 1 aromatic rings. The van der Waals surface area contributed by atoms with Crippen LogP contribution in [0.1, 0.15) is 53.5 Å². The van der Waals surface area contributed by atoms with Crippen molar-refractivity contribution in [2.45, 2.75) is 72.7 Å². The standard InChI is InChI=1S/C23H37N3O5/c1-7-16(6)18(24)22(28)26(30)20(15(4)5)21(27)25-19(14(2)3)23(29)31-13-17-11-9-8-10-12-17/h8-12,14-16,18-20,30H,7,13,24H2,1-6H3,(H,25,27)/t16-,18-,19-,20-/m0/s1. The van der Waals surface area contributed by atoms with E-state index in [1.807, 2.05) is 37.3 Å². The highest BCUT2D eigenvalue weighted by Gasteiger charge is 2.37. The number of nitrogens with two attached hydrogens (primary N) is 1. The molecule has 174 valence electrons. The Balaban J connectivity index is 2.90. The molecule has 31 heavy (non-hydrogen) atoms. The molecule has 0 aliphatic rings. The first-order valence-electron chi connectivity index (χ1n) is 10.8. The maximum absolute atomic E-state index is 13.0. The third-order valence-electron chi connectivity index (χ3n) is 5.37. The predicted molar refractivity (Wildman–Crippen MR) is 118 cm³/mol. The van der Waals surface area contributed by atoms with Crippen LogP contribution in [0.15, 0.2) is 30.3 Å². The summed E-state index contributed by atoms with van der Waals surface area (Å²) in [6, 6.07) is 6.17. The Kier molecular flexibility index (Phi) is 10.6. The van der Waals surface area contributed by atoms with Gasteiger partial charge in [0.25, 0.3) is 5.91 Å². The van der Waals surface area contributed by atoms with Gasteiger partial charge < -0.3 is 15.8 Å². The second-order valence-corrected chi connectivity index (χ2v) is 8.61. The van der Waals surface area contributed by atoms with Crippen molar-refractivity contribution in [3.05, 3.63) is 35.9 Å². The third kappa shape index (κ3) is 7.63. The summed E-state index contributed by atoms with van der Waals surface area (Å²) in [6.07, 6.45) is 0.655. The predicted octanol–water partition coefficient (Wildman–Crippen LogP) is 2.49. The van der Waals surface area contributed by atoms with E-state index in [1.54, 1.807) is 34.6 Å². The summed E-state index contributed by atoms with van der Waals surface area (Å²) in [5.74, 6) is -2.78. The van der Waals surface area contributed by atoms with E-state index in [4.69, 9.17) is 10.5 Å². The summed E-state index contributed by atoms with van der Waals surface area (Å²) >= 11 is 0. The average molecular weight is 436 g/mol. The van der Waals surface area contributed by atoms with Crippen LogP contribution in [0.5, 0.6) is 0 Å². The zero-order valence-corrected chi connectivity index (χ0v) is 19.4. The van der Waals surface area contributed by atoms with E-state index in [-0.39, 0.29) is 18.4 Å². The molecule has 2 amide bonds. The van der Waals surface area contributed by atoms with Gasteiger partial charge in [-0.25, -0.2) is 9.86 Å². The molecule has 4 atom stereocenters. The average Bonchev–Trinajstić information content (AvgIpc) is 2.74. The Hall–Kier alpha value is -2.45. The molecule has 0 saturated heterocycles. The molecule has 0 fully saturated rings. The molecule has 0 saturated carbocycles. The largest absolute Gasteiger partial charge is 0.459 e. The van der Waals surface area contributed by atoms with Gasteiger partial charge in [-0.05, 0) is 23.3 Å². The highest BCUT2D eigenvalue weighted by molar-refractivity contribution is 5.91. The van der Waals surface area contributed by atoms with Gasteiger partial charge in [0, 0.05) is 0 Å². The van der Waals surface area contributed by atoms with E-state index < -0.39 is 41.8 Å². The van der Waals surface area contributed by atoms with E-state index in [1.165, 1.54) is 0 Å². The number of hydrogen-bond acceptors (Lipinski definition) is 6. The van der Waals surface area contributed by atoms with Crippen LogP contribution in [0.4, 0.5) is 0 Å². The molecule has 0 heterocycles. The van der Waals surface area contributed by atoms with Crippen molar-refractivity contribution in [2.75, 3.05) is 0 Å². The molecule has 1 aromatic carbocycles. The summed E-state index contributed by atoms with van der Waals surface area (Å²) in [4.78, 5) is 38.2. The quantitative estimate of drug-likeness (QED) is 0.279. The molecule has 0 spiro atoms. The molecular weight excluding hydrogens is 398 g/mol. The summed E-state index contributed by atoms with van der Waals surface area (Å²) in [5, 5.41) is 13.6. The van der Waals surface area contributed by atoms with Crippen LogP contribution in [-0.4, -0.2) is 46.2 Å². The highest BCUT2D eigenvalue weighted by atomic mass is 16.5. The minimum atomic E-state index is -1.19. The maximum atomic E-state index is 13.0. The lowest BCUT2D eigenvalue weighted by atomic mass is 9.96. The molecule has 0 unspecified atom stereocenters. The van der Waals surface area contributed by atoms with Crippen LogP contribution in [0.3, 0.4) is 0 Å². The SMILES string of the molecule is CC[C@H](C)[C@H](N)C(=O)N(O)[C@H](C(=O)N[C@H](C(=O)OCc1ccccc1)C(C)C)C(C)C. The third-order valence-corrected chi connectivity index (χ3v) is 5.37. The lowest BCUT2D eigenvalue weighted by Crippen LogP contribution is -2.58.